The van der Waals surface area contributed by atoms with Crippen molar-refractivity contribution in [3.05, 3.63) is 29.8 Å². The summed E-state index contributed by atoms with van der Waals surface area (Å²) in [5.74, 6) is 1.18. The molecular formula is C17H23NO2. The van der Waals surface area contributed by atoms with Gasteiger partial charge in [-0.15, -0.1) is 0 Å². The Balaban J connectivity index is 1.94. The molecule has 20 heavy (non-hydrogen) atoms. The number of nitrogens with one attached hydrogen (secondary N) is 1. The molecule has 1 saturated carbocycles. The molecule has 3 rings (SSSR count). The van der Waals surface area contributed by atoms with Crippen molar-refractivity contribution < 1.29 is 9.90 Å². The Kier molecular flexibility index (Phi) is 3.55. The minimum absolute atomic E-state index is 0.259. The SMILES string of the molecule is CC1NCCC2(CCC(=O)CC2)C1c1ccc(O)cc1. The summed E-state index contributed by atoms with van der Waals surface area (Å²) >= 11 is 0. The van der Waals surface area contributed by atoms with Gasteiger partial charge in [-0.2, -0.15) is 0 Å². The van der Waals surface area contributed by atoms with E-state index in [4.69, 9.17) is 0 Å². The van der Waals surface area contributed by atoms with E-state index in [0.717, 1.165) is 38.6 Å². The lowest BCUT2D eigenvalue weighted by atomic mass is 9.58. The molecule has 1 aliphatic carbocycles. The molecule has 0 radical (unpaired) electrons. The third kappa shape index (κ3) is 2.35. The molecule has 1 aliphatic heterocycles. The Labute approximate surface area is 120 Å². The van der Waals surface area contributed by atoms with Gasteiger partial charge in [0.05, 0.1) is 0 Å². The minimum Gasteiger partial charge on any atom is -0.508 e. The highest BCUT2D eigenvalue weighted by atomic mass is 16.3. The summed E-state index contributed by atoms with van der Waals surface area (Å²) in [6.45, 7) is 3.29. The molecule has 1 heterocycles. The van der Waals surface area contributed by atoms with Crippen LogP contribution in [0.1, 0.15) is 50.5 Å². The number of aromatic hydroxyl groups is 1. The van der Waals surface area contributed by atoms with Gasteiger partial charge < -0.3 is 10.4 Å². The Bertz CT molecular complexity index is 484. The van der Waals surface area contributed by atoms with Crippen molar-refractivity contribution in [3.63, 3.8) is 0 Å². The fourth-order valence-electron chi connectivity index (χ4n) is 4.26. The normalized spacial score (nSPS) is 29.6. The molecule has 2 unspecified atom stereocenters. The zero-order valence-electron chi connectivity index (χ0n) is 12.1. The summed E-state index contributed by atoms with van der Waals surface area (Å²) < 4.78 is 0. The van der Waals surface area contributed by atoms with E-state index in [1.165, 1.54) is 5.56 Å². The lowest BCUT2D eigenvalue weighted by molar-refractivity contribution is -0.123. The van der Waals surface area contributed by atoms with Crippen LogP contribution >= 0.6 is 0 Å². The van der Waals surface area contributed by atoms with E-state index in [1.54, 1.807) is 12.1 Å². The van der Waals surface area contributed by atoms with Crippen LogP contribution in [-0.4, -0.2) is 23.5 Å². The number of hydrogen-bond donors (Lipinski definition) is 2. The maximum absolute atomic E-state index is 11.6. The van der Waals surface area contributed by atoms with Gasteiger partial charge in [0.25, 0.3) is 0 Å². The van der Waals surface area contributed by atoms with E-state index in [0.29, 0.717) is 23.5 Å². The smallest absolute Gasteiger partial charge is 0.132 e. The van der Waals surface area contributed by atoms with Gasteiger partial charge in [-0.3, -0.25) is 4.79 Å². The lowest BCUT2D eigenvalue weighted by Gasteiger charge is -2.50. The van der Waals surface area contributed by atoms with Crippen LogP contribution in [0.3, 0.4) is 0 Å². The van der Waals surface area contributed by atoms with E-state index >= 15 is 0 Å². The van der Waals surface area contributed by atoms with E-state index in [1.807, 2.05) is 12.1 Å². The largest absolute Gasteiger partial charge is 0.508 e. The van der Waals surface area contributed by atoms with Crippen molar-refractivity contribution in [1.29, 1.82) is 0 Å². The zero-order chi connectivity index (χ0) is 14.2. The van der Waals surface area contributed by atoms with Gasteiger partial charge in [0.1, 0.15) is 11.5 Å². The molecule has 1 aromatic rings. The first-order chi connectivity index (χ1) is 9.61. The summed E-state index contributed by atoms with van der Waals surface area (Å²) in [4.78, 5) is 11.6. The van der Waals surface area contributed by atoms with Crippen LogP contribution in [-0.2, 0) is 4.79 Å². The highest BCUT2D eigenvalue weighted by Crippen LogP contribution is 2.52. The van der Waals surface area contributed by atoms with Crippen LogP contribution in [0.25, 0.3) is 0 Å². The lowest BCUT2D eigenvalue weighted by Crippen LogP contribution is -2.50. The minimum atomic E-state index is 0.259. The number of carbonyl (C=O) groups excluding carboxylic acids is 1. The Hall–Kier alpha value is -1.35. The zero-order valence-corrected chi connectivity index (χ0v) is 12.1. The fourth-order valence-corrected chi connectivity index (χ4v) is 4.26. The molecule has 2 aliphatic rings. The van der Waals surface area contributed by atoms with Gasteiger partial charge in [-0.25, -0.2) is 0 Å². The summed E-state index contributed by atoms with van der Waals surface area (Å²) in [5.41, 5.74) is 1.55. The molecule has 1 spiro atoms. The number of phenols is 1. The Morgan fingerprint density at radius 1 is 1.15 bits per heavy atom. The fraction of sp³-hybridized carbons (Fsp3) is 0.588. The first-order valence-electron chi connectivity index (χ1n) is 7.65. The molecule has 0 aromatic heterocycles. The molecule has 2 atom stereocenters. The maximum Gasteiger partial charge on any atom is 0.132 e. The summed E-state index contributed by atoms with van der Waals surface area (Å²) in [5, 5.41) is 13.1. The molecule has 1 aromatic carbocycles. The first-order valence-corrected chi connectivity index (χ1v) is 7.65. The summed E-state index contributed by atoms with van der Waals surface area (Å²) in [7, 11) is 0. The Morgan fingerprint density at radius 2 is 1.80 bits per heavy atom. The van der Waals surface area contributed by atoms with Gasteiger partial charge in [0.15, 0.2) is 0 Å². The van der Waals surface area contributed by atoms with E-state index < -0.39 is 0 Å². The number of ketones is 1. The molecule has 108 valence electrons. The average molecular weight is 273 g/mol. The van der Waals surface area contributed by atoms with Crippen LogP contribution in [0.15, 0.2) is 24.3 Å². The van der Waals surface area contributed by atoms with Crippen LogP contribution in [0.4, 0.5) is 0 Å². The number of hydrogen-bond acceptors (Lipinski definition) is 3. The predicted molar refractivity (Wildman–Crippen MR) is 78.8 cm³/mol. The molecule has 2 N–H and O–H groups in total. The van der Waals surface area contributed by atoms with E-state index in [-0.39, 0.29) is 5.41 Å². The third-order valence-electron chi connectivity index (χ3n) is 5.30. The van der Waals surface area contributed by atoms with Gasteiger partial charge in [0.2, 0.25) is 0 Å². The van der Waals surface area contributed by atoms with Gasteiger partial charge >= 0.3 is 0 Å². The second-order valence-corrected chi connectivity index (χ2v) is 6.46. The van der Waals surface area contributed by atoms with Crippen LogP contribution in [0, 0.1) is 5.41 Å². The molecule has 0 amide bonds. The number of benzene rings is 1. The number of carbonyl (C=O) groups is 1. The molecule has 3 nitrogen and oxygen atoms in total. The van der Waals surface area contributed by atoms with Gasteiger partial charge in [-0.1, -0.05) is 12.1 Å². The third-order valence-corrected chi connectivity index (χ3v) is 5.30. The number of phenolic OH excluding ortho intramolecular Hbond substituents is 1. The van der Waals surface area contributed by atoms with Crippen molar-refractivity contribution in [2.45, 2.75) is 51.0 Å². The van der Waals surface area contributed by atoms with Crippen molar-refractivity contribution >= 4 is 5.78 Å². The number of piperidine rings is 1. The van der Waals surface area contributed by atoms with Crippen molar-refractivity contribution in [2.24, 2.45) is 5.41 Å². The predicted octanol–water partition coefficient (Wildman–Crippen LogP) is 2.99. The molecule has 2 fully saturated rings. The summed E-state index contributed by atoms with van der Waals surface area (Å²) in [6.07, 6.45) is 4.66. The van der Waals surface area contributed by atoms with Gasteiger partial charge in [0, 0.05) is 24.8 Å². The van der Waals surface area contributed by atoms with Crippen molar-refractivity contribution in [1.82, 2.24) is 5.32 Å². The molecular weight excluding hydrogens is 250 g/mol. The average Bonchev–Trinajstić information content (AvgIpc) is 2.44. The van der Waals surface area contributed by atoms with Crippen molar-refractivity contribution in [3.8, 4) is 5.75 Å². The second-order valence-electron chi connectivity index (χ2n) is 6.46. The molecule has 1 saturated heterocycles. The highest BCUT2D eigenvalue weighted by Gasteiger charge is 2.46. The topological polar surface area (TPSA) is 49.3 Å². The van der Waals surface area contributed by atoms with Crippen LogP contribution < -0.4 is 5.32 Å². The number of Topliss-reactive ketones (excluding diaryl/α,β-unsaturated/α-hetero) is 1. The van der Waals surface area contributed by atoms with Crippen LogP contribution in [0.2, 0.25) is 0 Å². The maximum atomic E-state index is 11.6. The van der Waals surface area contributed by atoms with E-state index in [9.17, 15) is 9.90 Å². The quantitative estimate of drug-likeness (QED) is 0.827. The Morgan fingerprint density at radius 3 is 2.45 bits per heavy atom. The number of rotatable bonds is 1. The van der Waals surface area contributed by atoms with E-state index in [2.05, 4.69) is 12.2 Å². The first kappa shape index (κ1) is 13.6. The standard InChI is InChI=1S/C17H23NO2/c1-12-16(13-2-4-14(19)5-3-13)17(10-11-18-12)8-6-15(20)7-9-17/h2-5,12,16,18-19H,6-11H2,1H3. The second kappa shape index (κ2) is 5.21. The van der Waals surface area contributed by atoms with Crippen LogP contribution in [0.5, 0.6) is 5.75 Å². The van der Waals surface area contributed by atoms with Gasteiger partial charge in [-0.05, 0) is 55.8 Å². The molecule has 0 bridgehead atoms. The monoisotopic (exact) mass is 273 g/mol. The summed E-state index contributed by atoms with van der Waals surface area (Å²) in [6, 6.07) is 8.06. The van der Waals surface area contributed by atoms with Crippen molar-refractivity contribution in [2.75, 3.05) is 6.54 Å². The molecule has 3 heteroatoms. The highest BCUT2D eigenvalue weighted by molar-refractivity contribution is 5.79.